The summed E-state index contributed by atoms with van der Waals surface area (Å²) >= 11 is 12.3. The van der Waals surface area contributed by atoms with Crippen molar-refractivity contribution in [2.24, 2.45) is 0 Å². The first kappa shape index (κ1) is 16.1. The van der Waals surface area contributed by atoms with Crippen molar-refractivity contribution < 1.29 is 4.79 Å². The summed E-state index contributed by atoms with van der Waals surface area (Å²) in [4.78, 5) is 15.0. The summed E-state index contributed by atoms with van der Waals surface area (Å²) in [5.74, 6) is 0. The van der Waals surface area contributed by atoms with Gasteiger partial charge < -0.3 is 4.98 Å². The van der Waals surface area contributed by atoms with Crippen LogP contribution >= 0.6 is 23.2 Å². The maximum absolute atomic E-state index is 11.7. The Balaban J connectivity index is 2.15. The molecule has 2 aromatic carbocycles. The van der Waals surface area contributed by atoms with Crippen LogP contribution in [0.1, 0.15) is 35.7 Å². The second-order valence-electron chi connectivity index (χ2n) is 5.64. The Morgan fingerprint density at radius 3 is 2.65 bits per heavy atom. The molecule has 1 aromatic heterocycles. The standard InChI is InChI=1S/C19H17Cl2NO/c1-2-3-4-12-5-8-18-15(9-12)16(11-23)19(22-18)14-7-6-13(20)10-17(14)21/h5-11,22H,2-4H2,1H3. The molecule has 1 N–H and O–H groups in total. The molecule has 0 unspecified atom stereocenters. The minimum Gasteiger partial charge on any atom is -0.354 e. The number of carbonyl (C=O) groups is 1. The number of hydrogen-bond acceptors (Lipinski definition) is 1. The third-order valence-electron chi connectivity index (χ3n) is 4.04. The second-order valence-corrected chi connectivity index (χ2v) is 6.48. The second kappa shape index (κ2) is 6.77. The number of benzene rings is 2. The SMILES string of the molecule is CCCCc1ccc2[nH]c(-c3ccc(Cl)cc3Cl)c(C=O)c2c1. The van der Waals surface area contributed by atoms with Crippen LogP contribution in [0.5, 0.6) is 0 Å². The highest BCUT2D eigenvalue weighted by atomic mass is 35.5. The highest BCUT2D eigenvalue weighted by molar-refractivity contribution is 6.36. The Labute approximate surface area is 145 Å². The third kappa shape index (κ3) is 3.15. The number of aromatic nitrogens is 1. The number of aryl methyl sites for hydroxylation is 1. The summed E-state index contributed by atoms with van der Waals surface area (Å²) in [6, 6.07) is 11.5. The van der Waals surface area contributed by atoms with Gasteiger partial charge in [-0.25, -0.2) is 0 Å². The lowest BCUT2D eigenvalue weighted by atomic mass is 10.0. The van der Waals surface area contributed by atoms with Crippen molar-refractivity contribution in [1.29, 1.82) is 0 Å². The van der Waals surface area contributed by atoms with Gasteiger partial charge in [0, 0.05) is 27.1 Å². The van der Waals surface area contributed by atoms with E-state index in [4.69, 9.17) is 23.2 Å². The van der Waals surface area contributed by atoms with Gasteiger partial charge in [0.25, 0.3) is 0 Å². The zero-order chi connectivity index (χ0) is 16.4. The van der Waals surface area contributed by atoms with E-state index in [0.717, 1.165) is 47.7 Å². The lowest BCUT2D eigenvalue weighted by molar-refractivity contribution is 0.112. The first-order valence-corrected chi connectivity index (χ1v) is 8.44. The maximum Gasteiger partial charge on any atom is 0.152 e. The van der Waals surface area contributed by atoms with Crippen LogP contribution in [0.15, 0.2) is 36.4 Å². The molecule has 3 rings (SSSR count). The molecule has 23 heavy (non-hydrogen) atoms. The summed E-state index contributed by atoms with van der Waals surface area (Å²) in [6.07, 6.45) is 4.20. The molecule has 0 saturated heterocycles. The van der Waals surface area contributed by atoms with Gasteiger partial charge in [0.15, 0.2) is 6.29 Å². The minimum absolute atomic E-state index is 0.526. The molecule has 0 fully saturated rings. The number of halogens is 2. The fraction of sp³-hybridized carbons (Fsp3) is 0.211. The van der Waals surface area contributed by atoms with E-state index < -0.39 is 0 Å². The van der Waals surface area contributed by atoms with Crippen LogP contribution in [0.25, 0.3) is 22.2 Å². The molecular weight excluding hydrogens is 329 g/mol. The largest absolute Gasteiger partial charge is 0.354 e. The Morgan fingerprint density at radius 1 is 1.13 bits per heavy atom. The molecule has 0 aliphatic heterocycles. The summed E-state index contributed by atoms with van der Waals surface area (Å²) < 4.78 is 0. The van der Waals surface area contributed by atoms with Crippen LogP contribution < -0.4 is 0 Å². The zero-order valence-corrected chi connectivity index (χ0v) is 14.3. The molecule has 0 spiro atoms. The van der Waals surface area contributed by atoms with E-state index in [1.165, 1.54) is 5.56 Å². The van der Waals surface area contributed by atoms with Crippen LogP contribution in [0.4, 0.5) is 0 Å². The molecule has 2 nitrogen and oxygen atoms in total. The Kier molecular flexibility index (Phi) is 4.74. The van der Waals surface area contributed by atoms with E-state index >= 15 is 0 Å². The van der Waals surface area contributed by atoms with Crippen molar-refractivity contribution in [2.45, 2.75) is 26.2 Å². The molecule has 0 amide bonds. The summed E-state index contributed by atoms with van der Waals surface area (Å²) in [5, 5.41) is 2.04. The number of nitrogens with one attached hydrogen (secondary N) is 1. The van der Waals surface area contributed by atoms with Crippen molar-refractivity contribution in [3.05, 3.63) is 57.6 Å². The molecule has 0 aliphatic rings. The van der Waals surface area contributed by atoms with Gasteiger partial charge in [-0.05, 0) is 48.7 Å². The topological polar surface area (TPSA) is 32.9 Å². The molecule has 0 aliphatic carbocycles. The Morgan fingerprint density at radius 2 is 1.96 bits per heavy atom. The molecule has 1 heterocycles. The van der Waals surface area contributed by atoms with Crippen LogP contribution in [0.2, 0.25) is 10.0 Å². The van der Waals surface area contributed by atoms with Crippen LogP contribution in [0.3, 0.4) is 0 Å². The van der Waals surface area contributed by atoms with Crippen LogP contribution in [-0.2, 0) is 6.42 Å². The number of aldehydes is 1. The van der Waals surface area contributed by atoms with Crippen molar-refractivity contribution in [2.75, 3.05) is 0 Å². The number of unbranched alkanes of at least 4 members (excludes halogenated alkanes) is 1. The number of aromatic amines is 1. The van der Waals surface area contributed by atoms with Gasteiger partial charge in [-0.3, -0.25) is 4.79 Å². The van der Waals surface area contributed by atoms with E-state index in [0.29, 0.717) is 15.6 Å². The molecular formula is C19H17Cl2NO. The highest BCUT2D eigenvalue weighted by Crippen LogP contribution is 2.35. The molecule has 3 aromatic rings. The summed E-state index contributed by atoms with van der Waals surface area (Å²) in [6.45, 7) is 2.17. The lowest BCUT2D eigenvalue weighted by Gasteiger charge is -2.03. The van der Waals surface area contributed by atoms with Crippen molar-refractivity contribution in [3.63, 3.8) is 0 Å². The molecule has 0 radical (unpaired) electrons. The van der Waals surface area contributed by atoms with E-state index in [9.17, 15) is 4.79 Å². The van der Waals surface area contributed by atoms with E-state index in [1.54, 1.807) is 12.1 Å². The predicted molar refractivity (Wildman–Crippen MR) is 97.8 cm³/mol. The average Bonchev–Trinajstić information content (AvgIpc) is 2.90. The van der Waals surface area contributed by atoms with Gasteiger partial charge >= 0.3 is 0 Å². The summed E-state index contributed by atoms with van der Waals surface area (Å²) in [7, 11) is 0. The van der Waals surface area contributed by atoms with Gasteiger partial charge in [-0.2, -0.15) is 0 Å². The molecule has 0 saturated carbocycles. The normalized spacial score (nSPS) is 11.1. The van der Waals surface area contributed by atoms with E-state index in [2.05, 4.69) is 24.0 Å². The third-order valence-corrected chi connectivity index (χ3v) is 4.59. The van der Waals surface area contributed by atoms with Crippen molar-refractivity contribution >= 4 is 40.4 Å². The fourth-order valence-electron chi connectivity index (χ4n) is 2.82. The van der Waals surface area contributed by atoms with Gasteiger partial charge in [0.05, 0.1) is 10.7 Å². The smallest absolute Gasteiger partial charge is 0.152 e. The monoisotopic (exact) mass is 345 g/mol. The van der Waals surface area contributed by atoms with E-state index in [1.807, 2.05) is 12.1 Å². The fourth-order valence-corrected chi connectivity index (χ4v) is 3.33. The predicted octanol–water partition coefficient (Wildman–Crippen LogP) is 6.30. The van der Waals surface area contributed by atoms with E-state index in [-0.39, 0.29) is 0 Å². The summed E-state index contributed by atoms with van der Waals surface area (Å²) in [5.41, 5.74) is 4.35. The molecule has 4 heteroatoms. The number of rotatable bonds is 5. The molecule has 0 atom stereocenters. The Bertz CT molecular complexity index is 867. The minimum atomic E-state index is 0.526. The zero-order valence-electron chi connectivity index (χ0n) is 12.8. The Hall–Kier alpha value is -1.77. The highest BCUT2D eigenvalue weighted by Gasteiger charge is 2.15. The number of hydrogen-bond donors (Lipinski definition) is 1. The number of H-pyrrole nitrogens is 1. The molecule has 118 valence electrons. The average molecular weight is 346 g/mol. The number of fused-ring (bicyclic) bond motifs is 1. The van der Waals surface area contributed by atoms with Crippen molar-refractivity contribution in [1.82, 2.24) is 4.98 Å². The first-order valence-electron chi connectivity index (χ1n) is 7.69. The van der Waals surface area contributed by atoms with Gasteiger partial charge in [0.2, 0.25) is 0 Å². The van der Waals surface area contributed by atoms with Crippen LogP contribution in [0, 0.1) is 0 Å². The van der Waals surface area contributed by atoms with Crippen LogP contribution in [-0.4, -0.2) is 11.3 Å². The maximum atomic E-state index is 11.7. The quantitative estimate of drug-likeness (QED) is 0.541. The van der Waals surface area contributed by atoms with Gasteiger partial charge in [0.1, 0.15) is 0 Å². The first-order chi connectivity index (χ1) is 11.1. The van der Waals surface area contributed by atoms with Crippen molar-refractivity contribution in [3.8, 4) is 11.3 Å². The van der Waals surface area contributed by atoms with Gasteiger partial charge in [-0.15, -0.1) is 0 Å². The molecule has 0 bridgehead atoms. The lowest BCUT2D eigenvalue weighted by Crippen LogP contribution is -1.87. The number of carbonyl (C=O) groups excluding carboxylic acids is 1. The van der Waals surface area contributed by atoms with Gasteiger partial charge in [-0.1, -0.05) is 42.6 Å².